The Morgan fingerprint density at radius 2 is 2.00 bits per heavy atom. The van der Waals surface area contributed by atoms with Gasteiger partial charge in [0.1, 0.15) is 0 Å². The van der Waals surface area contributed by atoms with Gasteiger partial charge in [0.15, 0.2) is 0 Å². The van der Waals surface area contributed by atoms with Gasteiger partial charge in [-0.15, -0.1) is 0 Å². The average Bonchev–Trinajstić information content (AvgIpc) is 2.31. The van der Waals surface area contributed by atoms with E-state index in [9.17, 15) is 22.9 Å². The zero-order chi connectivity index (χ0) is 15.3. The molecule has 0 spiro atoms. The molecule has 10 heteroatoms. The summed E-state index contributed by atoms with van der Waals surface area (Å²) in [5.74, 6) is -0.819. The zero-order valence-corrected chi connectivity index (χ0v) is 13.3. The molecule has 1 N–H and O–H groups in total. The summed E-state index contributed by atoms with van der Waals surface area (Å²) in [4.78, 5) is 22.0. The molecule has 0 aromatic heterocycles. The van der Waals surface area contributed by atoms with Crippen LogP contribution < -0.4 is 26.8 Å². The standard InChI is InChI=1S/C10H7Cl2F3IN2O2/c11-5-1-2-6(16-18-20)8(12)7(5)9(19)17-4-3-10(13,14)15/h1-2H,3-4H2,(H,17,19)/q-1. The summed E-state index contributed by atoms with van der Waals surface area (Å²) < 4.78 is 39.1. The number of alkyl halides is 3. The van der Waals surface area contributed by atoms with Crippen LogP contribution in [0.15, 0.2) is 15.5 Å². The van der Waals surface area contributed by atoms with Crippen LogP contribution >= 0.6 is 23.2 Å². The zero-order valence-electron chi connectivity index (χ0n) is 9.60. The van der Waals surface area contributed by atoms with Crippen LogP contribution in [0.2, 0.25) is 10.0 Å². The molecule has 0 atom stereocenters. The molecule has 0 heterocycles. The van der Waals surface area contributed by atoms with Gasteiger partial charge >= 0.3 is 133 Å². The maximum absolute atomic E-state index is 12.0. The van der Waals surface area contributed by atoms with Gasteiger partial charge in [-0.2, -0.15) is 0 Å². The average molecular weight is 442 g/mol. The minimum absolute atomic E-state index is 0.00170. The number of halogens is 6. The molecule has 20 heavy (non-hydrogen) atoms. The van der Waals surface area contributed by atoms with Crippen LogP contribution in [0, 0.1) is 8.48 Å². The molecule has 0 saturated heterocycles. The molecule has 0 unspecified atom stereocenters. The van der Waals surface area contributed by atoms with Crippen LogP contribution in [0.4, 0.5) is 13.2 Å². The molecule has 0 aliphatic rings. The van der Waals surface area contributed by atoms with Gasteiger partial charge in [-0.3, -0.25) is 0 Å². The van der Waals surface area contributed by atoms with Crippen LogP contribution in [0.3, 0.4) is 0 Å². The van der Waals surface area contributed by atoms with Gasteiger partial charge in [0.25, 0.3) is 0 Å². The molecule has 0 radical (unpaired) electrons. The molecule has 0 aliphatic heterocycles. The van der Waals surface area contributed by atoms with Crippen molar-refractivity contribution in [3.05, 3.63) is 36.2 Å². The Labute approximate surface area is 132 Å². The van der Waals surface area contributed by atoms with Crippen molar-refractivity contribution in [1.29, 1.82) is 0 Å². The topological polar surface area (TPSA) is 58.5 Å². The summed E-state index contributed by atoms with van der Waals surface area (Å²) in [6.45, 7) is -0.583. The van der Waals surface area contributed by atoms with Gasteiger partial charge in [0, 0.05) is 0 Å². The van der Waals surface area contributed by atoms with Gasteiger partial charge < -0.3 is 0 Å². The summed E-state index contributed by atoms with van der Waals surface area (Å²) in [5.41, 5.74) is -0.142. The number of nitroso groups, excluding NO2 is 1. The molecular formula is C10H7Cl2F3IN2O2-. The van der Waals surface area contributed by atoms with E-state index in [0.29, 0.717) is 3.57 Å². The van der Waals surface area contributed by atoms with Crippen LogP contribution in [0.25, 0.3) is 0 Å². The van der Waals surface area contributed by atoms with E-state index in [0.717, 1.165) is 0 Å². The van der Waals surface area contributed by atoms with E-state index in [1.165, 1.54) is 12.1 Å². The maximum atomic E-state index is 12.0. The number of nitrogens with zero attached hydrogens (tertiary/aromatic N) is 1. The number of amides is 1. The second kappa shape index (κ2) is 7.41. The number of carbonyl (C=O) groups is 1. The van der Waals surface area contributed by atoms with E-state index in [2.05, 4.69) is 8.71 Å². The predicted molar refractivity (Wildman–Crippen MR) is 64.0 cm³/mol. The first-order valence-corrected chi connectivity index (χ1v) is 7.86. The SMILES string of the molecule is O=N[I-]c1ccc(Cl)c(C(=O)NCCC(F)(F)F)c1Cl. The fraction of sp³-hybridized carbons (Fsp3) is 0.300. The number of benzene rings is 1. The number of hydrogen-bond acceptors (Lipinski definition) is 3. The van der Waals surface area contributed by atoms with Crippen molar-refractivity contribution in [2.75, 3.05) is 6.54 Å². The third-order valence-corrected chi connectivity index (χ3v) is 4.73. The monoisotopic (exact) mass is 441 g/mol. The Kier molecular flexibility index (Phi) is 6.46. The van der Waals surface area contributed by atoms with E-state index in [1.807, 2.05) is 0 Å². The Morgan fingerprint density at radius 1 is 1.35 bits per heavy atom. The molecule has 1 rings (SSSR count). The van der Waals surface area contributed by atoms with Crippen LogP contribution in [0.5, 0.6) is 0 Å². The molecule has 4 nitrogen and oxygen atoms in total. The van der Waals surface area contributed by atoms with Crippen LogP contribution in [-0.2, 0) is 0 Å². The number of rotatable bonds is 5. The summed E-state index contributed by atoms with van der Waals surface area (Å²) in [7, 11) is 0. The molecule has 0 aliphatic carbocycles. The molecule has 0 bridgehead atoms. The van der Waals surface area contributed by atoms with Crippen molar-refractivity contribution in [3.8, 4) is 0 Å². The molecular weight excluding hydrogens is 435 g/mol. The fourth-order valence-corrected chi connectivity index (χ4v) is 3.03. The van der Waals surface area contributed by atoms with Crippen molar-refractivity contribution in [3.63, 3.8) is 0 Å². The first-order valence-electron chi connectivity index (χ1n) is 5.06. The predicted octanol–water partition coefficient (Wildman–Crippen LogP) is 0.616. The third-order valence-electron chi connectivity index (χ3n) is 2.09. The Bertz CT molecular complexity index is 526. The van der Waals surface area contributed by atoms with Crippen molar-refractivity contribution >= 4 is 29.1 Å². The molecule has 0 fully saturated rings. The molecule has 0 saturated carbocycles. The second-order valence-corrected chi connectivity index (χ2v) is 6.32. The first kappa shape index (κ1) is 17.4. The first-order chi connectivity index (χ1) is 9.26. The third kappa shape index (κ3) is 5.06. The van der Waals surface area contributed by atoms with Crippen molar-refractivity contribution in [1.82, 2.24) is 5.32 Å². The van der Waals surface area contributed by atoms with Crippen molar-refractivity contribution < 1.29 is 39.4 Å². The summed E-state index contributed by atoms with van der Waals surface area (Å²) >= 11 is 10.5. The molecule has 1 aromatic rings. The fourth-order valence-electron chi connectivity index (χ4n) is 1.24. The van der Waals surface area contributed by atoms with E-state index < -0.39 is 46.5 Å². The van der Waals surface area contributed by atoms with Crippen molar-refractivity contribution in [2.45, 2.75) is 12.6 Å². The van der Waals surface area contributed by atoms with Gasteiger partial charge in [0.05, 0.1) is 0 Å². The number of carbonyl (C=O) groups excluding carboxylic acids is 1. The van der Waals surface area contributed by atoms with Gasteiger partial charge in [0.2, 0.25) is 0 Å². The molecule has 1 amide bonds. The Morgan fingerprint density at radius 3 is 2.55 bits per heavy atom. The van der Waals surface area contributed by atoms with Gasteiger partial charge in [-0.1, -0.05) is 0 Å². The van der Waals surface area contributed by atoms with E-state index in [4.69, 9.17) is 23.2 Å². The van der Waals surface area contributed by atoms with Crippen molar-refractivity contribution in [2.24, 2.45) is 3.39 Å². The molecule has 1 aromatic carbocycles. The second-order valence-electron chi connectivity index (χ2n) is 3.49. The Balaban J connectivity index is 2.87. The van der Waals surface area contributed by atoms with Crippen LogP contribution in [0.1, 0.15) is 16.8 Å². The quantitative estimate of drug-likeness (QED) is 0.413. The minimum atomic E-state index is -4.37. The summed E-state index contributed by atoms with van der Waals surface area (Å²) in [6, 6.07) is 2.82. The van der Waals surface area contributed by atoms with Gasteiger partial charge in [-0.05, 0) is 0 Å². The summed E-state index contributed by atoms with van der Waals surface area (Å²) in [6.07, 6.45) is -5.52. The van der Waals surface area contributed by atoms with E-state index >= 15 is 0 Å². The van der Waals surface area contributed by atoms with E-state index in [-0.39, 0.29) is 15.6 Å². The van der Waals surface area contributed by atoms with Crippen LogP contribution in [-0.4, -0.2) is 18.6 Å². The van der Waals surface area contributed by atoms with E-state index in [1.54, 1.807) is 0 Å². The summed E-state index contributed by atoms with van der Waals surface area (Å²) in [5, 5.41) is 2.03. The Hall–Kier alpha value is -0.610. The molecule has 112 valence electrons. The van der Waals surface area contributed by atoms with Gasteiger partial charge in [-0.25, -0.2) is 0 Å². The normalized spacial score (nSPS) is 11.4. The number of nitrogens with one attached hydrogen (secondary N) is 1. The number of hydrogen-bond donors (Lipinski definition) is 1.